The van der Waals surface area contributed by atoms with Crippen molar-refractivity contribution in [3.63, 3.8) is 0 Å². The molecule has 0 saturated carbocycles. The quantitative estimate of drug-likeness (QED) is 0.124. The normalized spacial score (nSPS) is 11.8. The van der Waals surface area contributed by atoms with E-state index in [1.807, 2.05) is 0 Å². The minimum absolute atomic E-state index is 0.0195. The Bertz CT molecular complexity index is 1370. The Labute approximate surface area is 216 Å². The van der Waals surface area contributed by atoms with Crippen LogP contribution in [0, 0.1) is 0 Å². The van der Waals surface area contributed by atoms with Gasteiger partial charge in [0, 0.05) is 24.5 Å². The molecule has 13 nitrogen and oxygen atoms in total. The van der Waals surface area contributed by atoms with Crippen LogP contribution in [-0.2, 0) is 14.8 Å². The van der Waals surface area contributed by atoms with Gasteiger partial charge < -0.3 is 26.6 Å². The van der Waals surface area contributed by atoms with Crippen LogP contribution < -0.4 is 26.2 Å². The summed E-state index contributed by atoms with van der Waals surface area (Å²) in [5, 5.41) is 13.4. The Morgan fingerprint density at radius 2 is 1.81 bits per heavy atom. The first-order valence-electron chi connectivity index (χ1n) is 10.8. The number of aromatic nitrogens is 2. The van der Waals surface area contributed by atoms with Gasteiger partial charge in [-0.1, -0.05) is 12.1 Å². The van der Waals surface area contributed by atoms with E-state index in [2.05, 4.69) is 25.0 Å². The molecule has 0 fully saturated rings. The predicted molar refractivity (Wildman–Crippen MR) is 138 cm³/mol. The number of carbonyl (C=O) groups excluding carboxylic acids is 1. The number of rotatable bonds is 12. The molecular formula is C22H25N7O6S2. The molecular weight excluding hydrogens is 522 g/mol. The fourth-order valence-corrected chi connectivity index (χ4v) is 5.04. The first kappa shape index (κ1) is 27.3. The highest BCUT2D eigenvalue weighted by atomic mass is 32.2. The number of aliphatic carboxylic acids is 1. The summed E-state index contributed by atoms with van der Waals surface area (Å²) in [6.45, 7) is 0.205. The Kier molecular flexibility index (Phi) is 8.97. The summed E-state index contributed by atoms with van der Waals surface area (Å²) in [7, 11) is -2.60. The lowest BCUT2D eigenvalue weighted by atomic mass is 10.1. The molecule has 0 unspecified atom stereocenters. The molecule has 2 heterocycles. The zero-order valence-electron chi connectivity index (χ0n) is 19.6. The number of guanidine groups is 1. The maximum atomic E-state index is 13.0. The number of amides is 1. The second kappa shape index (κ2) is 12.1. The third kappa shape index (κ3) is 7.37. The molecule has 3 rings (SSSR count). The van der Waals surface area contributed by atoms with Crippen molar-refractivity contribution in [2.75, 3.05) is 18.4 Å². The summed E-state index contributed by atoms with van der Waals surface area (Å²) in [6, 6.07) is 6.44. The van der Waals surface area contributed by atoms with Gasteiger partial charge >= 0.3 is 12.0 Å². The molecule has 196 valence electrons. The van der Waals surface area contributed by atoms with Crippen molar-refractivity contribution in [2.45, 2.75) is 23.8 Å². The number of benzene rings is 1. The van der Waals surface area contributed by atoms with E-state index < -0.39 is 27.9 Å². The van der Waals surface area contributed by atoms with Crippen LogP contribution in [0.1, 0.15) is 22.5 Å². The molecule has 0 aliphatic heterocycles. The monoisotopic (exact) mass is 547 g/mol. The molecule has 1 amide bonds. The number of hydrogen-bond acceptors (Lipinski definition) is 9. The Morgan fingerprint density at radius 3 is 2.41 bits per heavy atom. The lowest BCUT2D eigenvalue weighted by Gasteiger charge is -2.15. The second-order valence-electron chi connectivity index (χ2n) is 7.56. The van der Waals surface area contributed by atoms with Crippen LogP contribution in [0.2, 0.25) is 0 Å². The van der Waals surface area contributed by atoms with Gasteiger partial charge in [0.1, 0.15) is 10.9 Å². The van der Waals surface area contributed by atoms with Gasteiger partial charge in [0.25, 0.3) is 15.9 Å². The number of nitrogens with two attached hydrogens (primary N) is 2. The SMILES string of the molecule is COc1ncc(-c2ccc(S(=O)(=O)Nc3ccsc3C(=O)N[C@@H](CCCN=C(N)N)C(=O)O)cc2)cn1. The van der Waals surface area contributed by atoms with Crippen LogP contribution in [0.3, 0.4) is 0 Å². The topological polar surface area (TPSA) is 212 Å². The van der Waals surface area contributed by atoms with E-state index in [0.717, 1.165) is 11.3 Å². The molecule has 1 atom stereocenters. The summed E-state index contributed by atoms with van der Waals surface area (Å²) in [4.78, 5) is 36.2. The highest BCUT2D eigenvalue weighted by molar-refractivity contribution is 7.92. The average Bonchev–Trinajstić information content (AvgIpc) is 3.33. The fraction of sp³-hybridized carbons (Fsp3) is 0.227. The molecule has 15 heteroatoms. The molecule has 0 aliphatic rings. The van der Waals surface area contributed by atoms with E-state index in [0.29, 0.717) is 17.5 Å². The fourth-order valence-electron chi connectivity index (χ4n) is 3.15. The predicted octanol–water partition coefficient (Wildman–Crippen LogP) is 1.25. The summed E-state index contributed by atoms with van der Waals surface area (Å²) < 4.78 is 33.2. The number of thiophene rings is 1. The van der Waals surface area contributed by atoms with Crippen molar-refractivity contribution in [3.05, 3.63) is 53.0 Å². The highest BCUT2D eigenvalue weighted by Gasteiger charge is 2.24. The number of sulfonamides is 1. The molecule has 0 spiro atoms. The van der Waals surface area contributed by atoms with E-state index >= 15 is 0 Å². The molecule has 1 aromatic carbocycles. The van der Waals surface area contributed by atoms with Crippen LogP contribution in [0.5, 0.6) is 6.01 Å². The Hall–Kier alpha value is -4.24. The van der Waals surface area contributed by atoms with Gasteiger partial charge in [0.15, 0.2) is 5.96 Å². The Balaban J connectivity index is 1.70. The number of carboxylic acids is 1. The van der Waals surface area contributed by atoms with Crippen LogP contribution in [-0.4, -0.2) is 61.0 Å². The number of anilines is 1. The van der Waals surface area contributed by atoms with E-state index in [-0.39, 0.29) is 40.4 Å². The molecule has 0 radical (unpaired) electrons. The molecule has 0 aliphatic carbocycles. The first-order chi connectivity index (χ1) is 17.6. The number of nitrogens with one attached hydrogen (secondary N) is 2. The number of aliphatic imine (C=N–C) groups is 1. The standard InChI is InChI=1S/C22H25N7O6S2/c1-35-22-26-11-14(12-27-22)13-4-6-15(7-5-13)37(33,34)29-16-8-10-36-18(16)19(30)28-17(20(31)32)3-2-9-25-21(23)24/h4-8,10-12,17,29H,2-3,9H2,1H3,(H,28,30)(H,31,32)(H4,23,24,25)/t17-/m0/s1. The summed E-state index contributed by atoms with van der Waals surface area (Å²) in [6.07, 6.45) is 3.50. The van der Waals surface area contributed by atoms with Gasteiger partial charge in [0.2, 0.25) is 0 Å². The van der Waals surface area contributed by atoms with Gasteiger partial charge in [-0.3, -0.25) is 14.5 Å². The van der Waals surface area contributed by atoms with Gasteiger partial charge in [-0.15, -0.1) is 11.3 Å². The van der Waals surface area contributed by atoms with Crippen LogP contribution in [0.4, 0.5) is 5.69 Å². The number of ether oxygens (including phenoxy) is 1. The molecule has 7 N–H and O–H groups in total. The minimum Gasteiger partial charge on any atom is -0.480 e. The third-order valence-corrected chi connectivity index (χ3v) is 7.27. The number of hydrogen-bond donors (Lipinski definition) is 5. The zero-order valence-corrected chi connectivity index (χ0v) is 21.3. The lowest BCUT2D eigenvalue weighted by molar-refractivity contribution is -0.139. The van der Waals surface area contributed by atoms with Crippen molar-refractivity contribution in [3.8, 4) is 17.1 Å². The molecule has 3 aromatic rings. The third-order valence-electron chi connectivity index (χ3n) is 4.97. The lowest BCUT2D eigenvalue weighted by Crippen LogP contribution is -2.40. The van der Waals surface area contributed by atoms with Gasteiger partial charge in [-0.05, 0) is 42.0 Å². The van der Waals surface area contributed by atoms with Gasteiger partial charge in [-0.2, -0.15) is 0 Å². The maximum Gasteiger partial charge on any atom is 0.326 e. The van der Waals surface area contributed by atoms with Crippen LogP contribution >= 0.6 is 11.3 Å². The van der Waals surface area contributed by atoms with Crippen molar-refractivity contribution < 1.29 is 27.9 Å². The van der Waals surface area contributed by atoms with E-state index in [1.165, 1.54) is 30.7 Å². The number of carbonyl (C=O) groups is 2. The Morgan fingerprint density at radius 1 is 1.14 bits per heavy atom. The molecule has 2 aromatic heterocycles. The summed E-state index contributed by atoms with van der Waals surface area (Å²) in [5.41, 5.74) is 11.9. The zero-order chi connectivity index (χ0) is 27.0. The van der Waals surface area contributed by atoms with E-state index in [9.17, 15) is 23.1 Å². The van der Waals surface area contributed by atoms with Crippen molar-refractivity contribution in [2.24, 2.45) is 16.5 Å². The van der Waals surface area contributed by atoms with Crippen molar-refractivity contribution in [1.82, 2.24) is 15.3 Å². The smallest absolute Gasteiger partial charge is 0.326 e. The minimum atomic E-state index is -4.05. The van der Waals surface area contributed by atoms with Crippen molar-refractivity contribution >= 4 is 44.9 Å². The first-order valence-corrected chi connectivity index (χ1v) is 13.1. The summed E-state index contributed by atoms with van der Waals surface area (Å²) >= 11 is 0.971. The second-order valence-corrected chi connectivity index (χ2v) is 10.2. The van der Waals surface area contributed by atoms with Gasteiger partial charge in [-0.25, -0.2) is 23.2 Å². The van der Waals surface area contributed by atoms with Crippen molar-refractivity contribution in [1.29, 1.82) is 0 Å². The maximum absolute atomic E-state index is 13.0. The number of nitrogens with zero attached hydrogens (tertiary/aromatic N) is 3. The highest BCUT2D eigenvalue weighted by Crippen LogP contribution is 2.27. The van der Waals surface area contributed by atoms with Crippen LogP contribution in [0.25, 0.3) is 11.1 Å². The molecule has 0 saturated heterocycles. The van der Waals surface area contributed by atoms with E-state index in [4.69, 9.17) is 16.2 Å². The average molecular weight is 548 g/mol. The van der Waals surface area contributed by atoms with Crippen LogP contribution in [0.15, 0.2) is 58.0 Å². The summed E-state index contributed by atoms with van der Waals surface area (Å²) in [5.74, 6) is -2.08. The van der Waals surface area contributed by atoms with E-state index in [1.54, 1.807) is 24.5 Å². The molecule has 37 heavy (non-hydrogen) atoms. The number of carboxylic acid groups (broad SMARTS) is 1. The largest absolute Gasteiger partial charge is 0.480 e. The molecule has 0 bridgehead atoms. The number of methoxy groups -OCH3 is 1. The van der Waals surface area contributed by atoms with Gasteiger partial charge in [0.05, 0.1) is 17.7 Å².